The van der Waals surface area contributed by atoms with E-state index in [9.17, 15) is 0 Å². The average molecular weight is 260 g/mol. The third-order valence-corrected chi connectivity index (χ3v) is 1.11. The molecule has 0 aliphatic carbocycles. The minimum absolute atomic E-state index is 0.573. The van der Waals surface area contributed by atoms with Gasteiger partial charge in [0.05, 0.1) is 0 Å². The third-order valence-electron chi connectivity index (χ3n) is 1.11. The van der Waals surface area contributed by atoms with E-state index in [0.29, 0.717) is 6.61 Å². The Hall–Kier alpha value is -1.39. The van der Waals surface area contributed by atoms with Gasteiger partial charge in [0.1, 0.15) is 12.4 Å². The lowest BCUT2D eigenvalue weighted by Crippen LogP contribution is -1.91. The van der Waals surface area contributed by atoms with Crippen molar-refractivity contribution in [2.75, 3.05) is 6.61 Å². The van der Waals surface area contributed by atoms with E-state index in [1.807, 2.05) is 30.3 Å². The van der Waals surface area contributed by atoms with Crippen LogP contribution in [0.5, 0.6) is 5.75 Å². The molecule has 0 aromatic heterocycles. The zero-order chi connectivity index (χ0) is 13.7. The summed E-state index contributed by atoms with van der Waals surface area (Å²) < 4.78 is 14.1. The third kappa shape index (κ3) is 20.6. The van der Waals surface area contributed by atoms with Crippen LogP contribution in [0, 0.1) is 0 Å². The van der Waals surface area contributed by atoms with Gasteiger partial charge in [-0.1, -0.05) is 30.9 Å². The summed E-state index contributed by atoms with van der Waals surface area (Å²) in [5, 5.41) is 0. The average Bonchev–Trinajstić information content (AvgIpc) is 2.28. The molecule has 0 bridgehead atoms. The molecule has 0 atom stereocenters. The second-order valence-corrected chi connectivity index (χ2v) is 3.45. The molecule has 0 fully saturated rings. The second-order valence-electron chi connectivity index (χ2n) is 2.43. The van der Waals surface area contributed by atoms with Crippen molar-refractivity contribution in [2.24, 2.45) is 0 Å². The van der Waals surface area contributed by atoms with Crippen molar-refractivity contribution in [2.45, 2.75) is 0 Å². The molecule has 17 heavy (non-hydrogen) atoms. The van der Waals surface area contributed by atoms with Gasteiger partial charge in [0, 0.05) is 0 Å². The number of ether oxygens (including phenoxy) is 1. The van der Waals surface area contributed by atoms with Gasteiger partial charge in [-0.05, 0) is 12.1 Å². The molecule has 1 aromatic rings. The molecular weight excluding hydrogens is 243 g/mol. The zero-order valence-corrected chi connectivity index (χ0v) is 10.3. The van der Waals surface area contributed by atoms with Gasteiger partial charge < -0.3 is 19.4 Å². The Kier molecular flexibility index (Phi) is 11.8. The standard InChI is InChI=1S/C9H10O.C2H4.H3O4P/c1-2-8-10-9-6-4-3-5-7-9;1-2;1-5(2,3)4/h2-7H,1,8H2;1-2H2;(H3,1,2,3,4). The summed E-state index contributed by atoms with van der Waals surface area (Å²) in [5.41, 5.74) is 0. The number of para-hydroxylation sites is 1. The summed E-state index contributed by atoms with van der Waals surface area (Å²) in [6, 6.07) is 9.69. The molecule has 0 amide bonds. The highest BCUT2D eigenvalue weighted by atomic mass is 31.2. The highest BCUT2D eigenvalue weighted by Crippen LogP contribution is 2.25. The fourth-order valence-electron chi connectivity index (χ4n) is 0.672. The van der Waals surface area contributed by atoms with Crippen molar-refractivity contribution in [1.82, 2.24) is 0 Å². The van der Waals surface area contributed by atoms with Gasteiger partial charge in [0.15, 0.2) is 0 Å². The van der Waals surface area contributed by atoms with Gasteiger partial charge in [-0.2, -0.15) is 0 Å². The van der Waals surface area contributed by atoms with Gasteiger partial charge in [-0.3, -0.25) is 0 Å². The quantitative estimate of drug-likeness (QED) is 0.572. The van der Waals surface area contributed by atoms with Crippen LogP contribution in [-0.4, -0.2) is 21.3 Å². The molecule has 5 nitrogen and oxygen atoms in total. The first-order chi connectivity index (χ1) is 7.93. The van der Waals surface area contributed by atoms with Crippen LogP contribution in [0.15, 0.2) is 56.1 Å². The van der Waals surface area contributed by atoms with E-state index in [1.54, 1.807) is 6.08 Å². The lowest BCUT2D eigenvalue weighted by molar-refractivity contribution is 0.275. The summed E-state index contributed by atoms with van der Waals surface area (Å²) >= 11 is 0. The Morgan fingerprint density at radius 2 is 1.59 bits per heavy atom. The fourth-order valence-corrected chi connectivity index (χ4v) is 0.672. The Balaban J connectivity index is 0. The molecule has 0 unspecified atom stereocenters. The molecule has 0 heterocycles. The summed E-state index contributed by atoms with van der Waals surface area (Å²) in [6.07, 6.45) is 1.73. The van der Waals surface area contributed by atoms with Crippen LogP contribution in [0.4, 0.5) is 0 Å². The monoisotopic (exact) mass is 260 g/mol. The summed E-state index contributed by atoms with van der Waals surface area (Å²) in [5.74, 6) is 0.891. The predicted octanol–water partition coefficient (Wildman–Crippen LogP) is 2.13. The molecule has 3 N–H and O–H groups in total. The van der Waals surface area contributed by atoms with E-state index in [0.717, 1.165) is 5.75 Å². The number of rotatable bonds is 3. The van der Waals surface area contributed by atoms with Crippen molar-refractivity contribution in [3.8, 4) is 5.75 Å². The molecule has 0 saturated carbocycles. The van der Waals surface area contributed by atoms with E-state index < -0.39 is 7.82 Å². The molecule has 6 heteroatoms. The molecular formula is C11H17O5P. The lowest BCUT2D eigenvalue weighted by Gasteiger charge is -1.99. The summed E-state index contributed by atoms with van der Waals surface area (Å²) in [7, 11) is -4.64. The minimum Gasteiger partial charge on any atom is -0.490 e. The van der Waals surface area contributed by atoms with E-state index in [-0.39, 0.29) is 0 Å². The van der Waals surface area contributed by atoms with Crippen LogP contribution >= 0.6 is 7.82 Å². The van der Waals surface area contributed by atoms with Gasteiger partial charge in [-0.15, -0.1) is 13.2 Å². The van der Waals surface area contributed by atoms with Crippen LogP contribution in [0.3, 0.4) is 0 Å². The van der Waals surface area contributed by atoms with Gasteiger partial charge in [0.2, 0.25) is 0 Å². The lowest BCUT2D eigenvalue weighted by atomic mass is 10.3. The van der Waals surface area contributed by atoms with Crippen LogP contribution < -0.4 is 4.74 Å². The molecule has 0 aliphatic rings. The van der Waals surface area contributed by atoms with Crippen molar-refractivity contribution >= 4 is 7.82 Å². The van der Waals surface area contributed by atoms with Crippen LogP contribution in [0.25, 0.3) is 0 Å². The minimum atomic E-state index is -4.64. The zero-order valence-electron chi connectivity index (χ0n) is 9.40. The van der Waals surface area contributed by atoms with E-state index in [1.165, 1.54) is 0 Å². The summed E-state index contributed by atoms with van der Waals surface area (Å²) in [4.78, 5) is 21.6. The first-order valence-electron chi connectivity index (χ1n) is 4.50. The Bertz CT molecular complexity index is 325. The smallest absolute Gasteiger partial charge is 0.466 e. The van der Waals surface area contributed by atoms with Gasteiger partial charge in [0.25, 0.3) is 0 Å². The first-order valence-corrected chi connectivity index (χ1v) is 6.07. The van der Waals surface area contributed by atoms with Crippen LogP contribution in [0.1, 0.15) is 0 Å². The second kappa shape index (κ2) is 11.1. The Labute approximate surface area is 101 Å². The summed E-state index contributed by atoms with van der Waals surface area (Å²) in [6.45, 7) is 10.1. The molecule has 0 radical (unpaired) electrons. The number of hydrogen-bond donors (Lipinski definition) is 3. The van der Waals surface area contributed by atoms with Crippen molar-refractivity contribution in [1.29, 1.82) is 0 Å². The first kappa shape index (κ1) is 18.0. The van der Waals surface area contributed by atoms with Crippen LogP contribution in [0.2, 0.25) is 0 Å². The molecule has 0 aliphatic heterocycles. The predicted molar refractivity (Wildman–Crippen MR) is 67.7 cm³/mol. The van der Waals surface area contributed by atoms with Gasteiger partial charge in [-0.25, -0.2) is 4.57 Å². The normalized spacial score (nSPS) is 8.88. The van der Waals surface area contributed by atoms with Crippen molar-refractivity contribution in [3.05, 3.63) is 56.1 Å². The molecule has 96 valence electrons. The van der Waals surface area contributed by atoms with E-state index >= 15 is 0 Å². The molecule has 1 aromatic carbocycles. The maximum Gasteiger partial charge on any atom is 0.466 e. The van der Waals surface area contributed by atoms with E-state index in [4.69, 9.17) is 24.0 Å². The number of hydrogen-bond acceptors (Lipinski definition) is 2. The maximum atomic E-state index is 8.88. The maximum absolute atomic E-state index is 8.88. The molecule has 1 rings (SSSR count). The number of phosphoric acid groups is 1. The number of benzene rings is 1. The SMILES string of the molecule is C=C.C=CCOc1ccccc1.O=P(O)(O)O. The largest absolute Gasteiger partial charge is 0.490 e. The van der Waals surface area contributed by atoms with Gasteiger partial charge >= 0.3 is 7.82 Å². The Morgan fingerprint density at radius 1 is 1.18 bits per heavy atom. The van der Waals surface area contributed by atoms with Crippen LogP contribution in [-0.2, 0) is 4.57 Å². The van der Waals surface area contributed by atoms with Crippen molar-refractivity contribution in [3.63, 3.8) is 0 Å². The fraction of sp³-hybridized carbons (Fsp3) is 0.0909. The molecule has 0 saturated heterocycles. The molecule has 0 spiro atoms. The highest BCUT2D eigenvalue weighted by Gasteiger charge is 2.00. The van der Waals surface area contributed by atoms with E-state index in [2.05, 4.69) is 19.7 Å². The Morgan fingerprint density at radius 3 is 1.94 bits per heavy atom. The topological polar surface area (TPSA) is 87.0 Å². The highest BCUT2D eigenvalue weighted by molar-refractivity contribution is 7.45. The van der Waals surface area contributed by atoms with Crippen molar-refractivity contribution < 1.29 is 24.0 Å².